The van der Waals surface area contributed by atoms with Gasteiger partial charge in [0.05, 0.1) is 37.6 Å². The molecule has 0 aliphatic carbocycles. The minimum Gasteiger partial charge on any atom is -0.504 e. The highest BCUT2D eigenvalue weighted by Crippen LogP contribution is 2.63. The Morgan fingerprint density at radius 1 is 1.12 bits per heavy atom. The number of piperazine rings is 1. The maximum atomic E-state index is 13.6. The van der Waals surface area contributed by atoms with Crippen LogP contribution < -0.4 is 19.5 Å². The molecule has 14 nitrogen and oxygen atoms in total. The highest BCUT2D eigenvalue weighted by molar-refractivity contribution is 7.99. The average molecular weight is 800 g/mol. The number of aromatic hydroxyl groups is 2. The van der Waals surface area contributed by atoms with Crippen LogP contribution in [0.15, 0.2) is 6.07 Å². The molecule has 6 rings (SSSR count). The second-order valence-corrected chi connectivity index (χ2v) is 16.8. The molecule has 4 heterocycles. The molecular weight excluding hydrogens is 763 g/mol. The lowest BCUT2D eigenvalue weighted by molar-refractivity contribution is -0.151. The summed E-state index contributed by atoms with van der Waals surface area (Å²) in [6, 6.07) is -0.258. The summed E-state index contributed by atoms with van der Waals surface area (Å²) in [5, 5.41) is 36.4. The van der Waals surface area contributed by atoms with Gasteiger partial charge >= 0.3 is 18.0 Å². The molecule has 0 saturated carbocycles. The number of aryl methyl sites for hydroxylation is 1. The quantitative estimate of drug-likeness (QED) is 0.216. The van der Waals surface area contributed by atoms with Crippen LogP contribution in [0.25, 0.3) is 0 Å². The molecule has 0 unspecified atom stereocenters. The third-order valence-electron chi connectivity index (χ3n) is 10.1. The molecule has 7 atom stereocenters. The number of cyclic esters (lactones) is 1. The molecule has 52 heavy (non-hydrogen) atoms. The van der Waals surface area contributed by atoms with E-state index in [1.807, 2.05) is 24.9 Å². The number of fused-ring (bicyclic) bond motifs is 7. The number of carbonyl (C=O) groups excluding carboxylic acids is 3. The topological polar surface area (TPSA) is 180 Å². The average Bonchev–Trinajstić information content (AvgIpc) is 3.06. The number of thioether (sulfide) groups is 1. The number of rotatable bonds is 5. The Bertz CT molecular complexity index is 1870. The zero-order valence-corrected chi connectivity index (χ0v) is 32.1. The Hall–Kier alpha value is -3.52. The lowest BCUT2D eigenvalue weighted by atomic mass is 9.71. The number of amides is 1. The van der Waals surface area contributed by atoms with Gasteiger partial charge in [-0.1, -0.05) is 40.9 Å². The van der Waals surface area contributed by atoms with Crippen LogP contribution >= 0.6 is 46.6 Å². The van der Waals surface area contributed by atoms with E-state index in [0.29, 0.717) is 28.9 Å². The van der Waals surface area contributed by atoms with E-state index in [0.717, 1.165) is 11.1 Å². The van der Waals surface area contributed by atoms with Crippen molar-refractivity contribution in [2.75, 3.05) is 40.2 Å². The van der Waals surface area contributed by atoms with Gasteiger partial charge in [-0.25, -0.2) is 9.59 Å². The van der Waals surface area contributed by atoms with Gasteiger partial charge in [0.1, 0.15) is 31.0 Å². The van der Waals surface area contributed by atoms with Crippen molar-refractivity contribution >= 4 is 64.6 Å². The summed E-state index contributed by atoms with van der Waals surface area (Å²) in [7, 11) is 4.73. The van der Waals surface area contributed by atoms with Crippen molar-refractivity contribution < 1.29 is 48.3 Å². The van der Waals surface area contributed by atoms with Crippen LogP contribution in [0.2, 0.25) is 0 Å². The van der Waals surface area contributed by atoms with Crippen molar-refractivity contribution in [3.8, 4) is 34.8 Å². The number of nitrogens with one attached hydrogen (secondary N) is 1. The van der Waals surface area contributed by atoms with E-state index in [1.165, 1.54) is 32.9 Å². The number of benzene rings is 2. The number of carbonyl (C=O) groups is 3. The Morgan fingerprint density at radius 3 is 2.40 bits per heavy atom. The Morgan fingerprint density at radius 2 is 1.79 bits per heavy atom. The number of hydrogen-bond donors (Lipinski definition) is 3. The Labute approximate surface area is 319 Å². The first-order valence-electron chi connectivity index (χ1n) is 16.2. The predicted molar refractivity (Wildman–Crippen MR) is 191 cm³/mol. The molecule has 2 aromatic rings. The standard InChI is InChI=1S/C34H37Cl3N4O10S/c1-13-7-16-8-18-19(9-38)41-20-10-49-32(45)17(39-33(46)50-12-34(35,36)37)11-52-31(25(41)24(40(18)4)21(16)26(43)28(13)47-5)23-22(20)27(44)30(48-6)14(2)29(23)51-15(3)42/h7,17-20,24-25,31,43-44H,8,10-12H2,1-6H3,(H,39,46)/t17-,18-,19-,20-,24+,25+,31-/m0/s1. The zero-order valence-electron chi connectivity index (χ0n) is 29.0. The number of methoxy groups -OCH3 is 2. The largest absolute Gasteiger partial charge is 0.504 e. The molecule has 0 spiro atoms. The summed E-state index contributed by atoms with van der Waals surface area (Å²) in [5.41, 5.74) is 3.20. The van der Waals surface area contributed by atoms with Crippen molar-refractivity contribution in [2.45, 2.75) is 72.5 Å². The van der Waals surface area contributed by atoms with Crippen LogP contribution in [0, 0.1) is 25.2 Å². The third-order valence-corrected chi connectivity index (χ3v) is 11.9. The normalized spacial score (nSPS) is 26.8. The van der Waals surface area contributed by atoms with Crippen LogP contribution in [0.4, 0.5) is 4.79 Å². The fraction of sp³-hybridized carbons (Fsp3) is 0.529. The van der Waals surface area contributed by atoms with Gasteiger partial charge in [-0.2, -0.15) is 5.26 Å². The lowest BCUT2D eigenvalue weighted by Crippen LogP contribution is -2.69. The highest BCUT2D eigenvalue weighted by atomic mass is 35.6. The van der Waals surface area contributed by atoms with Crippen LogP contribution in [0.1, 0.15) is 57.6 Å². The van der Waals surface area contributed by atoms with E-state index in [1.54, 1.807) is 6.92 Å². The molecule has 2 aromatic carbocycles. The number of ether oxygens (including phenoxy) is 5. The first kappa shape index (κ1) is 38.2. The number of phenols is 2. The zero-order chi connectivity index (χ0) is 38.0. The minimum absolute atomic E-state index is 0.0435. The van der Waals surface area contributed by atoms with Crippen LogP contribution in [-0.4, -0.2) is 106 Å². The van der Waals surface area contributed by atoms with E-state index in [2.05, 4.69) is 16.3 Å². The van der Waals surface area contributed by atoms with Gasteiger partial charge in [0, 0.05) is 47.0 Å². The van der Waals surface area contributed by atoms with Gasteiger partial charge in [0.25, 0.3) is 0 Å². The van der Waals surface area contributed by atoms with Gasteiger partial charge in [0.2, 0.25) is 3.79 Å². The van der Waals surface area contributed by atoms with Gasteiger partial charge in [-0.05, 0) is 38.4 Å². The Kier molecular flexibility index (Phi) is 10.6. The lowest BCUT2D eigenvalue weighted by Gasteiger charge is -2.61. The summed E-state index contributed by atoms with van der Waals surface area (Å²) in [6.45, 7) is 3.76. The van der Waals surface area contributed by atoms with Crippen molar-refractivity contribution in [2.24, 2.45) is 0 Å². The summed E-state index contributed by atoms with van der Waals surface area (Å²) in [5.74, 6) is -1.37. The van der Waals surface area contributed by atoms with Gasteiger partial charge in [-0.3, -0.25) is 14.6 Å². The molecule has 1 amide bonds. The number of hydrogen-bond acceptors (Lipinski definition) is 14. The SMILES string of the molecule is COc1c(C)cc2c(c1O)[C@@H]1[C@@H]3[C@H]4SC[C@H](NC(=O)OCC(Cl)(Cl)Cl)C(=O)OC[C@@H](c5c(O)c(OC)c(C)c(OC(C)=O)c54)N3[C@@H](C#N)[C@H](C2)N1C. The van der Waals surface area contributed by atoms with Gasteiger partial charge in [0.15, 0.2) is 23.0 Å². The van der Waals surface area contributed by atoms with Crippen molar-refractivity contribution in [1.29, 1.82) is 5.26 Å². The number of phenolic OH excluding ortho intramolecular Hbond substituents is 2. The third kappa shape index (κ3) is 6.41. The smallest absolute Gasteiger partial charge is 0.408 e. The molecule has 4 aliphatic rings. The van der Waals surface area contributed by atoms with Crippen molar-refractivity contribution in [1.82, 2.24) is 15.1 Å². The molecule has 4 bridgehead atoms. The van der Waals surface area contributed by atoms with Crippen LogP contribution in [-0.2, 0) is 25.5 Å². The molecule has 0 radical (unpaired) electrons. The summed E-state index contributed by atoms with van der Waals surface area (Å²) >= 11 is 18.5. The van der Waals surface area contributed by atoms with Crippen molar-refractivity contribution in [3.63, 3.8) is 0 Å². The molecule has 2 fully saturated rings. The maximum Gasteiger partial charge on any atom is 0.408 e. The predicted octanol–water partition coefficient (Wildman–Crippen LogP) is 4.68. The summed E-state index contributed by atoms with van der Waals surface area (Å²) < 4.78 is 26.2. The number of nitrogens with zero attached hydrogens (tertiary/aromatic N) is 3. The van der Waals surface area contributed by atoms with Gasteiger partial charge in [-0.15, -0.1) is 11.8 Å². The maximum absolute atomic E-state index is 13.6. The first-order valence-corrected chi connectivity index (χ1v) is 18.4. The summed E-state index contributed by atoms with van der Waals surface area (Å²) in [6.07, 6.45) is -0.626. The first-order chi connectivity index (χ1) is 24.5. The van der Waals surface area contributed by atoms with E-state index >= 15 is 0 Å². The van der Waals surface area contributed by atoms with E-state index in [-0.39, 0.29) is 40.4 Å². The fourth-order valence-electron chi connectivity index (χ4n) is 8.20. The number of alkyl carbamates (subject to hydrolysis) is 1. The van der Waals surface area contributed by atoms with Crippen molar-refractivity contribution in [3.05, 3.63) is 39.4 Å². The number of esters is 2. The molecule has 3 N–H and O–H groups in total. The number of alkyl halides is 3. The molecule has 280 valence electrons. The molecule has 2 saturated heterocycles. The number of likely N-dealkylation sites (N-methyl/N-ethyl adjacent to an activating group) is 1. The molecular formula is C34H37Cl3N4O10S. The Balaban J connectivity index is 1.60. The second kappa shape index (κ2) is 14.4. The van der Waals surface area contributed by atoms with E-state index < -0.39 is 70.5 Å². The van der Waals surface area contributed by atoms with Crippen LogP contribution in [0.3, 0.4) is 0 Å². The number of nitriles is 1. The highest BCUT2D eigenvalue weighted by Gasteiger charge is 2.60. The second-order valence-electron chi connectivity index (χ2n) is 13.1. The monoisotopic (exact) mass is 798 g/mol. The van der Waals surface area contributed by atoms with E-state index in [9.17, 15) is 29.9 Å². The molecule has 18 heteroatoms. The summed E-state index contributed by atoms with van der Waals surface area (Å²) in [4.78, 5) is 43.1. The minimum atomic E-state index is -1.89. The van der Waals surface area contributed by atoms with E-state index in [4.69, 9.17) is 58.5 Å². The van der Waals surface area contributed by atoms with Crippen LogP contribution in [0.5, 0.6) is 28.7 Å². The molecule has 0 aromatic heterocycles. The fourth-order valence-corrected chi connectivity index (χ4v) is 9.87. The number of halogens is 3. The van der Waals surface area contributed by atoms with Gasteiger partial charge < -0.3 is 39.2 Å². The molecule has 4 aliphatic heterocycles.